The summed E-state index contributed by atoms with van der Waals surface area (Å²) in [5, 5.41) is 2.56. The predicted molar refractivity (Wildman–Crippen MR) is 98.9 cm³/mol. The van der Waals surface area contributed by atoms with Crippen LogP contribution in [0.2, 0.25) is 0 Å². The molecule has 0 spiro atoms. The van der Waals surface area contributed by atoms with Crippen LogP contribution >= 0.6 is 0 Å². The number of hydrogen-bond donors (Lipinski definition) is 2. The van der Waals surface area contributed by atoms with Crippen LogP contribution in [0.25, 0.3) is 0 Å². The van der Waals surface area contributed by atoms with Gasteiger partial charge in [0.1, 0.15) is 11.5 Å². The summed E-state index contributed by atoms with van der Waals surface area (Å²) >= 11 is 0. The van der Waals surface area contributed by atoms with Gasteiger partial charge in [-0.25, -0.2) is 13.1 Å². The number of carbonyl (C=O) groups excluding carboxylic acids is 1. The van der Waals surface area contributed by atoms with Gasteiger partial charge in [-0.05, 0) is 42.8 Å². The van der Waals surface area contributed by atoms with E-state index in [1.165, 1.54) is 32.2 Å². The molecular formula is C18H22N2O5S. The summed E-state index contributed by atoms with van der Waals surface area (Å²) in [5.41, 5.74) is 1.09. The highest BCUT2D eigenvalue weighted by atomic mass is 32.2. The Morgan fingerprint density at radius 3 is 2.38 bits per heavy atom. The monoisotopic (exact) mass is 378 g/mol. The minimum atomic E-state index is -3.75. The Bertz CT molecular complexity index is 864. The van der Waals surface area contributed by atoms with E-state index in [2.05, 4.69) is 10.0 Å². The molecule has 0 aliphatic heterocycles. The van der Waals surface area contributed by atoms with Gasteiger partial charge in [0.05, 0.1) is 24.3 Å². The lowest BCUT2D eigenvalue weighted by Gasteiger charge is -2.12. The molecular weight excluding hydrogens is 356 g/mol. The van der Waals surface area contributed by atoms with Gasteiger partial charge in [0.15, 0.2) is 0 Å². The van der Waals surface area contributed by atoms with Crippen molar-refractivity contribution in [3.63, 3.8) is 0 Å². The third-order valence-corrected chi connectivity index (χ3v) is 4.89. The zero-order valence-corrected chi connectivity index (χ0v) is 15.7. The van der Waals surface area contributed by atoms with Gasteiger partial charge in [-0.3, -0.25) is 4.79 Å². The third-order valence-electron chi connectivity index (χ3n) is 3.49. The maximum absolute atomic E-state index is 12.5. The van der Waals surface area contributed by atoms with Gasteiger partial charge in [0, 0.05) is 13.5 Å². The molecule has 0 atom stereocenters. The fourth-order valence-electron chi connectivity index (χ4n) is 2.27. The van der Waals surface area contributed by atoms with Crippen LogP contribution in [0.3, 0.4) is 0 Å². The topological polar surface area (TPSA) is 93.7 Å². The lowest BCUT2D eigenvalue weighted by Crippen LogP contribution is -2.23. The van der Waals surface area contributed by atoms with Crippen LogP contribution in [-0.2, 0) is 21.4 Å². The summed E-state index contributed by atoms with van der Waals surface area (Å²) in [6, 6.07) is 11.4. The van der Waals surface area contributed by atoms with E-state index in [1.54, 1.807) is 24.3 Å². The minimum absolute atomic E-state index is 0.0352. The van der Waals surface area contributed by atoms with Gasteiger partial charge in [-0.15, -0.1) is 0 Å². The standard InChI is InChI=1S/C18H22N2O5S/c1-4-25-15-7-5-14(6-8-15)12-19-26(22,23)16-9-10-18(24-3)17(11-16)20-13(2)21/h5-11,19H,4,12H2,1-3H3,(H,20,21). The van der Waals surface area contributed by atoms with Crippen molar-refractivity contribution in [3.8, 4) is 11.5 Å². The van der Waals surface area contributed by atoms with Gasteiger partial charge in [0.25, 0.3) is 0 Å². The molecule has 0 aliphatic rings. The summed E-state index contributed by atoms with van der Waals surface area (Å²) in [6.45, 7) is 3.94. The number of ether oxygens (including phenoxy) is 2. The first-order valence-corrected chi connectivity index (χ1v) is 9.51. The summed E-state index contributed by atoms with van der Waals surface area (Å²) in [7, 11) is -2.31. The highest BCUT2D eigenvalue weighted by molar-refractivity contribution is 7.89. The second kappa shape index (κ2) is 8.68. The molecule has 0 radical (unpaired) electrons. The first-order valence-electron chi connectivity index (χ1n) is 8.02. The Balaban J connectivity index is 2.15. The predicted octanol–water partition coefficient (Wildman–Crippen LogP) is 2.53. The smallest absolute Gasteiger partial charge is 0.240 e. The number of carbonyl (C=O) groups is 1. The van der Waals surface area contributed by atoms with Crippen LogP contribution in [0.15, 0.2) is 47.4 Å². The normalized spacial score (nSPS) is 11.0. The Morgan fingerprint density at radius 1 is 1.12 bits per heavy atom. The van der Waals surface area contributed by atoms with E-state index in [0.29, 0.717) is 18.0 Å². The van der Waals surface area contributed by atoms with E-state index in [-0.39, 0.29) is 17.3 Å². The summed E-state index contributed by atoms with van der Waals surface area (Å²) in [4.78, 5) is 11.3. The summed E-state index contributed by atoms with van der Waals surface area (Å²) < 4.78 is 38.1. The Kier molecular flexibility index (Phi) is 6.59. The van der Waals surface area contributed by atoms with E-state index in [9.17, 15) is 13.2 Å². The zero-order valence-electron chi connectivity index (χ0n) is 14.9. The number of benzene rings is 2. The zero-order chi connectivity index (χ0) is 19.2. The van der Waals surface area contributed by atoms with E-state index >= 15 is 0 Å². The summed E-state index contributed by atoms with van der Waals surface area (Å²) in [5.74, 6) is 0.792. The molecule has 0 aromatic heterocycles. The second-order valence-electron chi connectivity index (χ2n) is 5.44. The lowest BCUT2D eigenvalue weighted by atomic mass is 10.2. The van der Waals surface area contributed by atoms with Gasteiger partial charge < -0.3 is 14.8 Å². The van der Waals surface area contributed by atoms with Gasteiger partial charge in [0.2, 0.25) is 15.9 Å². The van der Waals surface area contributed by atoms with Crippen molar-refractivity contribution in [3.05, 3.63) is 48.0 Å². The van der Waals surface area contributed by atoms with E-state index < -0.39 is 10.0 Å². The number of rotatable bonds is 8. The highest BCUT2D eigenvalue weighted by Gasteiger charge is 2.17. The molecule has 0 fully saturated rings. The van der Waals surface area contributed by atoms with Crippen LogP contribution in [0.1, 0.15) is 19.4 Å². The van der Waals surface area contributed by atoms with Crippen LogP contribution in [-0.4, -0.2) is 28.0 Å². The van der Waals surface area contributed by atoms with E-state index in [4.69, 9.17) is 9.47 Å². The molecule has 2 rings (SSSR count). The molecule has 2 N–H and O–H groups in total. The quantitative estimate of drug-likeness (QED) is 0.736. The van der Waals surface area contributed by atoms with Gasteiger partial charge >= 0.3 is 0 Å². The van der Waals surface area contributed by atoms with Crippen LogP contribution < -0.4 is 19.5 Å². The largest absolute Gasteiger partial charge is 0.495 e. The second-order valence-corrected chi connectivity index (χ2v) is 7.21. The Hall–Kier alpha value is -2.58. The molecule has 0 heterocycles. The van der Waals surface area contributed by atoms with Crippen LogP contribution in [0.4, 0.5) is 5.69 Å². The van der Waals surface area contributed by atoms with E-state index in [1.807, 2.05) is 6.92 Å². The molecule has 2 aromatic rings. The first-order chi connectivity index (χ1) is 12.4. The molecule has 0 saturated heterocycles. The molecule has 26 heavy (non-hydrogen) atoms. The molecule has 0 saturated carbocycles. The first kappa shape index (κ1) is 19.7. The minimum Gasteiger partial charge on any atom is -0.495 e. The molecule has 0 aliphatic carbocycles. The third kappa shape index (κ3) is 5.21. The Morgan fingerprint density at radius 2 is 1.81 bits per heavy atom. The Labute approximate surface area is 153 Å². The van der Waals surface area contributed by atoms with Gasteiger partial charge in [-0.2, -0.15) is 0 Å². The van der Waals surface area contributed by atoms with Gasteiger partial charge in [-0.1, -0.05) is 12.1 Å². The number of nitrogens with one attached hydrogen (secondary N) is 2. The molecule has 0 unspecified atom stereocenters. The number of anilines is 1. The molecule has 7 nitrogen and oxygen atoms in total. The van der Waals surface area contributed by atoms with Crippen molar-refractivity contribution in [2.24, 2.45) is 0 Å². The highest BCUT2D eigenvalue weighted by Crippen LogP contribution is 2.27. The maximum atomic E-state index is 12.5. The van der Waals surface area contributed by atoms with Crippen molar-refractivity contribution in [1.82, 2.24) is 4.72 Å². The van der Waals surface area contributed by atoms with Crippen molar-refractivity contribution in [2.75, 3.05) is 19.0 Å². The SMILES string of the molecule is CCOc1ccc(CNS(=O)(=O)c2ccc(OC)c(NC(C)=O)c2)cc1. The average molecular weight is 378 g/mol. The van der Waals surface area contributed by atoms with E-state index in [0.717, 1.165) is 11.3 Å². The molecule has 0 bridgehead atoms. The fourth-order valence-corrected chi connectivity index (χ4v) is 3.32. The molecule has 8 heteroatoms. The average Bonchev–Trinajstić information content (AvgIpc) is 2.61. The number of hydrogen-bond acceptors (Lipinski definition) is 5. The molecule has 1 amide bonds. The van der Waals surface area contributed by atoms with Crippen molar-refractivity contribution < 1.29 is 22.7 Å². The lowest BCUT2D eigenvalue weighted by molar-refractivity contribution is -0.114. The molecule has 2 aromatic carbocycles. The number of methoxy groups -OCH3 is 1. The number of amides is 1. The van der Waals surface area contributed by atoms with Crippen LogP contribution in [0, 0.1) is 0 Å². The maximum Gasteiger partial charge on any atom is 0.240 e. The van der Waals surface area contributed by atoms with Crippen LogP contribution in [0.5, 0.6) is 11.5 Å². The molecule has 140 valence electrons. The van der Waals surface area contributed by atoms with Crippen molar-refractivity contribution >= 4 is 21.6 Å². The fraction of sp³-hybridized carbons (Fsp3) is 0.278. The van der Waals surface area contributed by atoms with Crippen molar-refractivity contribution in [2.45, 2.75) is 25.3 Å². The number of sulfonamides is 1. The van der Waals surface area contributed by atoms with Crippen molar-refractivity contribution in [1.29, 1.82) is 0 Å². The summed E-state index contributed by atoms with van der Waals surface area (Å²) in [6.07, 6.45) is 0.